The first-order valence-electron chi connectivity index (χ1n) is 17.6. The Morgan fingerprint density at radius 3 is 2.44 bits per heavy atom. The quantitative estimate of drug-likeness (QED) is 0.339. The first-order chi connectivity index (χ1) is 25.1. The van der Waals surface area contributed by atoms with Gasteiger partial charge < -0.3 is 20.3 Å². The topological polar surface area (TPSA) is 166 Å². The average molecular weight is 727 g/mol. The van der Waals surface area contributed by atoms with Crippen molar-refractivity contribution in [2.45, 2.75) is 88.3 Å². The highest BCUT2D eigenvalue weighted by Crippen LogP contribution is 2.38. The number of halogens is 2. The second kappa shape index (κ2) is 13.4. The first-order valence-corrected chi connectivity index (χ1v) is 17.9. The Bertz CT molecular complexity index is 2000. The van der Waals surface area contributed by atoms with Crippen LogP contribution >= 0.6 is 11.6 Å². The summed E-state index contributed by atoms with van der Waals surface area (Å²) in [6, 6.07) is 12.8. The summed E-state index contributed by atoms with van der Waals surface area (Å²) in [7, 11) is 0. The summed E-state index contributed by atoms with van der Waals surface area (Å²) < 4.78 is 21.7. The van der Waals surface area contributed by atoms with Crippen molar-refractivity contribution in [3.8, 4) is 11.8 Å². The normalized spacial score (nSPS) is 25.8. The smallest absolute Gasteiger partial charge is 0.269 e. The monoisotopic (exact) mass is 726 g/mol. The number of piperidine rings is 2. The fourth-order valence-electron chi connectivity index (χ4n) is 8.62. The minimum atomic E-state index is -0.851. The Kier molecular flexibility index (Phi) is 8.79. The molecule has 13 nitrogen and oxygen atoms in total. The van der Waals surface area contributed by atoms with E-state index in [1.807, 2.05) is 12.1 Å². The number of hydrogen-bond donors (Lipinski definition) is 1. The molecule has 4 saturated heterocycles. The molecule has 0 spiro atoms. The van der Waals surface area contributed by atoms with Gasteiger partial charge in [-0.25, -0.2) is 4.39 Å². The number of carbonyl (C=O) groups excluding carboxylic acids is 4. The third kappa shape index (κ3) is 6.11. The number of ether oxygens (including phenoxy) is 1. The number of piperazine rings is 1. The standard InChI is InChI=1S/C37H36ClFN8O5/c38-28-14-27(4-1-21(28)15-40)52-26-5-2-23(3-6-26)47-33(48)10-8-31(36(47)50)45-17-22-11-20(12-29(39)34(22)37(45)51)16-44-18-24-13-25(19-44)46(24)32-9-7-30(35(41)49)42-43-32/h1,4,7,9,11-12,14,23-26,31H,2-3,5-6,8,10,13,16-19H2,(H2,41,49)/t23?,24-,25-,26?,31-/m1/s1. The number of aromatic nitrogens is 2. The molecule has 6 aliphatic rings. The summed E-state index contributed by atoms with van der Waals surface area (Å²) in [5.74, 6) is -1.17. The lowest BCUT2D eigenvalue weighted by atomic mass is 9.87. The maximum absolute atomic E-state index is 15.6. The van der Waals surface area contributed by atoms with Gasteiger partial charge in [0.25, 0.3) is 17.7 Å². The summed E-state index contributed by atoms with van der Waals surface area (Å²) >= 11 is 6.16. The van der Waals surface area contributed by atoms with Gasteiger partial charge in [0.1, 0.15) is 23.7 Å². The van der Waals surface area contributed by atoms with E-state index < -0.39 is 29.6 Å². The Morgan fingerprint density at radius 2 is 1.77 bits per heavy atom. The minimum Gasteiger partial charge on any atom is -0.490 e. The molecule has 1 aliphatic carbocycles. The van der Waals surface area contributed by atoms with Crippen molar-refractivity contribution >= 4 is 41.0 Å². The van der Waals surface area contributed by atoms with Gasteiger partial charge in [-0.05, 0) is 80.0 Å². The maximum Gasteiger partial charge on any atom is 0.269 e. The molecule has 2 aromatic carbocycles. The van der Waals surface area contributed by atoms with Gasteiger partial charge in [-0.3, -0.25) is 29.0 Å². The highest BCUT2D eigenvalue weighted by molar-refractivity contribution is 6.31. The highest BCUT2D eigenvalue weighted by atomic mass is 35.5. The van der Waals surface area contributed by atoms with E-state index in [0.717, 1.165) is 25.1 Å². The molecule has 15 heteroatoms. The van der Waals surface area contributed by atoms with E-state index in [0.29, 0.717) is 59.9 Å². The number of nitrogens with zero attached hydrogens (tertiary/aromatic N) is 7. The van der Waals surface area contributed by atoms with Crippen molar-refractivity contribution < 1.29 is 28.3 Å². The van der Waals surface area contributed by atoms with Gasteiger partial charge in [0.15, 0.2) is 11.5 Å². The van der Waals surface area contributed by atoms with Crippen LogP contribution < -0.4 is 15.4 Å². The van der Waals surface area contributed by atoms with E-state index in [9.17, 15) is 19.2 Å². The average Bonchev–Trinajstić information content (AvgIpc) is 3.45. The number of anilines is 1. The summed E-state index contributed by atoms with van der Waals surface area (Å²) in [5, 5.41) is 17.6. The van der Waals surface area contributed by atoms with Crippen LogP contribution in [-0.2, 0) is 22.7 Å². The maximum atomic E-state index is 15.6. The molecule has 0 radical (unpaired) electrons. The zero-order chi connectivity index (χ0) is 36.3. The van der Waals surface area contributed by atoms with Crippen molar-refractivity contribution in [2.75, 3.05) is 18.0 Å². The van der Waals surface area contributed by atoms with Crippen LogP contribution in [0.2, 0.25) is 5.02 Å². The van der Waals surface area contributed by atoms with Crippen LogP contribution in [0.5, 0.6) is 5.75 Å². The van der Waals surface area contributed by atoms with Gasteiger partial charge in [0.2, 0.25) is 5.91 Å². The van der Waals surface area contributed by atoms with Crippen LogP contribution in [0.1, 0.15) is 82.5 Å². The summed E-state index contributed by atoms with van der Waals surface area (Å²) in [4.78, 5) is 59.3. The molecule has 3 atom stereocenters. The van der Waals surface area contributed by atoms with Crippen molar-refractivity contribution in [3.63, 3.8) is 0 Å². The predicted octanol–water partition coefficient (Wildman–Crippen LogP) is 3.57. The summed E-state index contributed by atoms with van der Waals surface area (Å²) in [6.07, 6.45) is 3.51. The second-order valence-electron chi connectivity index (χ2n) is 14.3. The van der Waals surface area contributed by atoms with Gasteiger partial charge in [0, 0.05) is 56.8 Å². The van der Waals surface area contributed by atoms with Crippen molar-refractivity contribution in [1.29, 1.82) is 5.26 Å². The number of primary amides is 1. The zero-order valence-corrected chi connectivity index (χ0v) is 29.0. The number of fused-ring (bicyclic) bond motifs is 3. The largest absolute Gasteiger partial charge is 0.490 e. The molecule has 9 rings (SSSR count). The molecule has 6 heterocycles. The molecule has 1 aromatic heterocycles. The molecule has 268 valence electrons. The number of nitrogens with two attached hydrogens (primary N) is 1. The van der Waals surface area contributed by atoms with E-state index >= 15 is 4.39 Å². The lowest BCUT2D eigenvalue weighted by Gasteiger charge is -2.56. The van der Waals surface area contributed by atoms with E-state index in [1.165, 1.54) is 15.9 Å². The first kappa shape index (κ1) is 34.0. The molecular weight excluding hydrogens is 691 g/mol. The lowest BCUT2D eigenvalue weighted by Crippen LogP contribution is -2.69. The van der Waals surface area contributed by atoms with E-state index in [1.54, 1.807) is 30.3 Å². The molecule has 3 aromatic rings. The number of nitriles is 1. The summed E-state index contributed by atoms with van der Waals surface area (Å²) in [5.41, 5.74) is 7.06. The molecule has 5 aliphatic heterocycles. The SMILES string of the molecule is N#Cc1ccc(OC2CCC(N3C(=O)CC[C@@H](N4Cc5cc(CN6C[C@H]7C[C@H](C6)N7c6ccc(C(N)=O)nn6)cc(F)c5C4=O)C3=O)CC2)cc1Cl. The molecule has 5 fully saturated rings. The summed E-state index contributed by atoms with van der Waals surface area (Å²) in [6.45, 7) is 2.07. The molecular formula is C37H36ClFN8O5. The van der Waals surface area contributed by atoms with Crippen molar-refractivity contribution in [3.05, 3.63) is 81.3 Å². The number of rotatable bonds is 8. The lowest BCUT2D eigenvalue weighted by molar-refractivity contribution is -0.156. The van der Waals surface area contributed by atoms with Crippen LogP contribution in [0.4, 0.5) is 10.2 Å². The Hall–Kier alpha value is -5.13. The Labute approximate surface area is 304 Å². The number of carbonyl (C=O) groups is 4. The highest BCUT2D eigenvalue weighted by Gasteiger charge is 2.47. The van der Waals surface area contributed by atoms with Gasteiger partial charge in [-0.15, -0.1) is 10.2 Å². The zero-order valence-electron chi connectivity index (χ0n) is 28.2. The third-order valence-electron chi connectivity index (χ3n) is 11.1. The van der Waals surface area contributed by atoms with Gasteiger partial charge in [-0.1, -0.05) is 17.7 Å². The Balaban J connectivity index is 0.890. The molecule has 1 saturated carbocycles. The van der Waals surface area contributed by atoms with E-state index in [4.69, 9.17) is 27.3 Å². The fourth-order valence-corrected chi connectivity index (χ4v) is 8.83. The van der Waals surface area contributed by atoms with Gasteiger partial charge >= 0.3 is 0 Å². The van der Waals surface area contributed by atoms with Crippen LogP contribution in [0.25, 0.3) is 0 Å². The minimum absolute atomic E-state index is 0.00814. The van der Waals surface area contributed by atoms with E-state index in [2.05, 4.69) is 20.0 Å². The number of imide groups is 1. The fraction of sp³-hybridized carbons (Fsp3) is 0.432. The number of benzene rings is 2. The van der Waals surface area contributed by atoms with Crippen LogP contribution in [0, 0.1) is 17.1 Å². The second-order valence-corrected chi connectivity index (χ2v) is 14.7. The van der Waals surface area contributed by atoms with Crippen LogP contribution in [0.15, 0.2) is 42.5 Å². The van der Waals surface area contributed by atoms with Crippen LogP contribution in [0.3, 0.4) is 0 Å². The molecule has 0 unspecified atom stereocenters. The van der Waals surface area contributed by atoms with Gasteiger partial charge in [0.05, 0.1) is 22.3 Å². The van der Waals surface area contributed by atoms with Crippen LogP contribution in [-0.4, -0.2) is 91.9 Å². The molecule has 2 N–H and O–H groups in total. The number of likely N-dealkylation sites (tertiary alicyclic amines) is 1. The third-order valence-corrected chi connectivity index (χ3v) is 11.4. The van der Waals surface area contributed by atoms with Crippen molar-refractivity contribution in [2.24, 2.45) is 5.73 Å². The van der Waals surface area contributed by atoms with Gasteiger partial charge in [-0.2, -0.15) is 5.26 Å². The molecule has 2 bridgehead atoms. The van der Waals surface area contributed by atoms with E-state index in [-0.39, 0.29) is 60.8 Å². The molecule has 4 amide bonds. The number of hydrogen-bond acceptors (Lipinski definition) is 10. The van der Waals surface area contributed by atoms with Crippen molar-refractivity contribution in [1.82, 2.24) is 24.9 Å². The predicted molar refractivity (Wildman–Crippen MR) is 184 cm³/mol. The molecule has 52 heavy (non-hydrogen) atoms. The Morgan fingerprint density at radius 1 is 1.00 bits per heavy atom. The number of amides is 4.